The number of amides is 1. The lowest BCUT2D eigenvalue weighted by atomic mass is 10.1. The van der Waals surface area contributed by atoms with E-state index in [1.54, 1.807) is 4.90 Å². The minimum absolute atomic E-state index is 0.0332. The zero-order chi connectivity index (χ0) is 13.7. The number of carbonyl (C=O) groups is 1. The smallest absolute Gasteiger partial charge is 0.253 e. The van der Waals surface area contributed by atoms with Crippen LogP contribution >= 0.6 is 0 Å². The molecule has 0 unspecified atom stereocenters. The molecule has 0 saturated heterocycles. The number of H-pyrrole nitrogens is 1. The molecule has 0 atom stereocenters. The van der Waals surface area contributed by atoms with Crippen molar-refractivity contribution in [2.45, 2.75) is 13.0 Å². The van der Waals surface area contributed by atoms with Gasteiger partial charge in [0.15, 0.2) is 0 Å². The van der Waals surface area contributed by atoms with Gasteiger partial charge < -0.3 is 15.6 Å². The van der Waals surface area contributed by atoms with Crippen LogP contribution in [0.1, 0.15) is 21.5 Å². The van der Waals surface area contributed by atoms with Crippen LogP contribution in [0.15, 0.2) is 42.7 Å². The number of nitrogens with one attached hydrogen (secondary N) is 1. The Morgan fingerprint density at radius 2 is 2.16 bits per heavy atom. The molecule has 0 saturated carbocycles. The van der Waals surface area contributed by atoms with Crippen LogP contribution in [0.2, 0.25) is 0 Å². The van der Waals surface area contributed by atoms with E-state index >= 15 is 0 Å². The van der Waals surface area contributed by atoms with Gasteiger partial charge in [-0.25, -0.2) is 0 Å². The minimum atomic E-state index is 0.0332. The van der Waals surface area contributed by atoms with E-state index in [9.17, 15) is 4.79 Å². The van der Waals surface area contributed by atoms with Gasteiger partial charge in [0.2, 0.25) is 0 Å². The monoisotopic (exact) mass is 257 g/mol. The quantitative estimate of drug-likeness (QED) is 0.857. The highest BCUT2D eigenvalue weighted by molar-refractivity contribution is 5.94. The Morgan fingerprint density at radius 1 is 1.32 bits per heavy atom. The molecule has 0 fully saturated rings. The van der Waals surface area contributed by atoms with Gasteiger partial charge in [-0.05, 0) is 35.7 Å². The molecule has 3 N–H and O–H groups in total. The summed E-state index contributed by atoms with van der Waals surface area (Å²) in [7, 11) is 1.82. The fourth-order valence-corrected chi connectivity index (χ4v) is 1.96. The van der Waals surface area contributed by atoms with Gasteiger partial charge in [-0.3, -0.25) is 4.79 Å². The maximum absolute atomic E-state index is 12.2. The number of nitrogens with zero attached hydrogens (tertiary/aromatic N) is 1. The maximum Gasteiger partial charge on any atom is 0.253 e. The summed E-state index contributed by atoms with van der Waals surface area (Å²) in [5, 5.41) is 0. The van der Waals surface area contributed by atoms with E-state index in [0.717, 1.165) is 12.0 Å². The molecule has 0 spiro atoms. The number of nitrogens with two attached hydrogens (primary N) is 1. The predicted octanol–water partition coefficient (Wildman–Crippen LogP) is 1.79. The first-order chi connectivity index (χ1) is 9.20. The van der Waals surface area contributed by atoms with Gasteiger partial charge >= 0.3 is 0 Å². The molecular weight excluding hydrogens is 238 g/mol. The first-order valence-corrected chi connectivity index (χ1v) is 6.37. The number of hydrogen-bond acceptors (Lipinski definition) is 2. The molecule has 0 bridgehead atoms. The fraction of sp³-hybridized carbons (Fsp3) is 0.267. The Labute approximate surface area is 113 Å². The summed E-state index contributed by atoms with van der Waals surface area (Å²) in [6.45, 7) is 1.15. The van der Waals surface area contributed by atoms with E-state index in [2.05, 4.69) is 4.98 Å². The number of aromatic nitrogens is 1. The van der Waals surface area contributed by atoms with Crippen LogP contribution in [-0.2, 0) is 13.0 Å². The summed E-state index contributed by atoms with van der Waals surface area (Å²) >= 11 is 0. The second kappa shape index (κ2) is 6.20. The Hall–Kier alpha value is -2.07. The zero-order valence-electron chi connectivity index (χ0n) is 11.1. The van der Waals surface area contributed by atoms with E-state index in [1.807, 2.05) is 49.8 Å². The summed E-state index contributed by atoms with van der Waals surface area (Å²) < 4.78 is 0. The number of rotatable bonds is 5. The van der Waals surface area contributed by atoms with Crippen molar-refractivity contribution in [2.75, 3.05) is 13.6 Å². The highest BCUT2D eigenvalue weighted by Crippen LogP contribution is 2.08. The van der Waals surface area contributed by atoms with Crippen LogP contribution in [0.5, 0.6) is 0 Å². The number of benzene rings is 1. The average molecular weight is 257 g/mol. The van der Waals surface area contributed by atoms with Crippen LogP contribution in [0.25, 0.3) is 0 Å². The predicted molar refractivity (Wildman–Crippen MR) is 75.8 cm³/mol. The van der Waals surface area contributed by atoms with Crippen molar-refractivity contribution in [3.63, 3.8) is 0 Å². The first-order valence-electron chi connectivity index (χ1n) is 6.37. The topological polar surface area (TPSA) is 62.1 Å². The second-order valence-electron chi connectivity index (χ2n) is 4.60. The third-order valence-electron chi connectivity index (χ3n) is 3.15. The van der Waals surface area contributed by atoms with E-state index in [1.165, 1.54) is 5.56 Å². The van der Waals surface area contributed by atoms with Crippen LogP contribution in [0.3, 0.4) is 0 Å². The Balaban J connectivity index is 1.97. The molecule has 2 aromatic rings. The van der Waals surface area contributed by atoms with Crippen molar-refractivity contribution < 1.29 is 4.79 Å². The third-order valence-corrected chi connectivity index (χ3v) is 3.15. The van der Waals surface area contributed by atoms with Gasteiger partial charge in [-0.15, -0.1) is 0 Å². The SMILES string of the molecule is CN(CCc1cc[nH]c1)C(=O)c1cccc(CN)c1. The van der Waals surface area contributed by atoms with Crippen LogP contribution in [0, 0.1) is 0 Å². The molecule has 0 aliphatic carbocycles. The lowest BCUT2D eigenvalue weighted by Gasteiger charge is -2.17. The molecule has 0 aliphatic heterocycles. The normalized spacial score (nSPS) is 10.4. The Kier molecular flexibility index (Phi) is 4.36. The molecule has 19 heavy (non-hydrogen) atoms. The van der Waals surface area contributed by atoms with E-state index in [0.29, 0.717) is 18.7 Å². The molecular formula is C15H19N3O. The molecule has 4 heteroatoms. The fourth-order valence-electron chi connectivity index (χ4n) is 1.96. The van der Waals surface area contributed by atoms with Gasteiger partial charge in [0.1, 0.15) is 0 Å². The van der Waals surface area contributed by atoms with Crippen LogP contribution in [0.4, 0.5) is 0 Å². The zero-order valence-corrected chi connectivity index (χ0v) is 11.1. The summed E-state index contributed by atoms with van der Waals surface area (Å²) in [5.41, 5.74) is 8.46. The Morgan fingerprint density at radius 3 is 2.84 bits per heavy atom. The number of hydrogen-bond donors (Lipinski definition) is 2. The second-order valence-corrected chi connectivity index (χ2v) is 4.60. The summed E-state index contributed by atoms with van der Waals surface area (Å²) in [5.74, 6) is 0.0332. The average Bonchev–Trinajstić information content (AvgIpc) is 2.97. The molecule has 0 radical (unpaired) electrons. The molecule has 4 nitrogen and oxygen atoms in total. The molecule has 2 rings (SSSR count). The highest BCUT2D eigenvalue weighted by Gasteiger charge is 2.11. The van der Waals surface area contributed by atoms with Gasteiger partial charge in [0.05, 0.1) is 0 Å². The molecule has 1 amide bonds. The van der Waals surface area contributed by atoms with E-state index in [-0.39, 0.29) is 5.91 Å². The maximum atomic E-state index is 12.2. The van der Waals surface area contributed by atoms with Gasteiger partial charge in [0, 0.05) is 38.1 Å². The van der Waals surface area contributed by atoms with Crippen molar-refractivity contribution in [1.29, 1.82) is 0 Å². The van der Waals surface area contributed by atoms with Crippen LogP contribution < -0.4 is 5.73 Å². The van der Waals surface area contributed by atoms with Crippen molar-refractivity contribution in [3.05, 3.63) is 59.4 Å². The van der Waals surface area contributed by atoms with E-state index in [4.69, 9.17) is 5.73 Å². The minimum Gasteiger partial charge on any atom is -0.367 e. The van der Waals surface area contributed by atoms with Crippen molar-refractivity contribution in [2.24, 2.45) is 5.73 Å². The molecule has 0 aliphatic rings. The number of aromatic amines is 1. The molecule has 100 valence electrons. The number of carbonyl (C=O) groups excluding carboxylic acids is 1. The summed E-state index contributed by atoms with van der Waals surface area (Å²) in [4.78, 5) is 17.0. The van der Waals surface area contributed by atoms with Crippen LogP contribution in [-0.4, -0.2) is 29.4 Å². The van der Waals surface area contributed by atoms with Crippen molar-refractivity contribution >= 4 is 5.91 Å². The lowest BCUT2D eigenvalue weighted by molar-refractivity contribution is 0.0796. The van der Waals surface area contributed by atoms with Crippen molar-refractivity contribution in [3.8, 4) is 0 Å². The van der Waals surface area contributed by atoms with Gasteiger partial charge in [-0.1, -0.05) is 12.1 Å². The highest BCUT2D eigenvalue weighted by atomic mass is 16.2. The van der Waals surface area contributed by atoms with Gasteiger partial charge in [-0.2, -0.15) is 0 Å². The summed E-state index contributed by atoms with van der Waals surface area (Å²) in [6, 6.07) is 9.50. The summed E-state index contributed by atoms with van der Waals surface area (Å²) in [6.07, 6.45) is 4.69. The number of likely N-dealkylation sites (N-methyl/N-ethyl adjacent to an activating group) is 1. The lowest BCUT2D eigenvalue weighted by Crippen LogP contribution is -2.28. The molecule has 1 aromatic carbocycles. The molecule has 1 aromatic heterocycles. The standard InChI is InChI=1S/C15H19N3O/c1-18(8-6-12-5-7-17-11-12)15(19)14-4-2-3-13(9-14)10-16/h2-5,7,9,11,17H,6,8,10,16H2,1H3. The Bertz CT molecular complexity index is 534. The van der Waals surface area contributed by atoms with E-state index < -0.39 is 0 Å². The van der Waals surface area contributed by atoms with Gasteiger partial charge in [0.25, 0.3) is 5.91 Å². The molecule has 1 heterocycles. The first kappa shape index (κ1) is 13.4. The van der Waals surface area contributed by atoms with Crippen molar-refractivity contribution in [1.82, 2.24) is 9.88 Å². The largest absolute Gasteiger partial charge is 0.367 e. The third kappa shape index (κ3) is 3.45.